The lowest BCUT2D eigenvalue weighted by Gasteiger charge is -2.28. The molecule has 0 fully saturated rings. The lowest BCUT2D eigenvalue weighted by atomic mass is 9.99. The molecule has 0 aliphatic carbocycles. The molecule has 2 aromatic carbocycles. The van der Waals surface area contributed by atoms with E-state index < -0.39 is 0 Å². The molecule has 0 saturated heterocycles. The maximum absolute atomic E-state index is 11.0. The summed E-state index contributed by atoms with van der Waals surface area (Å²) in [6, 6.07) is 18.5. The van der Waals surface area contributed by atoms with Crippen LogP contribution >= 0.6 is 0 Å². The molecule has 0 unspecified atom stereocenters. The van der Waals surface area contributed by atoms with Crippen molar-refractivity contribution in [1.82, 2.24) is 9.88 Å². The van der Waals surface area contributed by atoms with Gasteiger partial charge in [-0.1, -0.05) is 48.9 Å². The quantitative estimate of drug-likeness (QED) is 0.419. The molecule has 0 amide bonds. The number of nitroso groups, excluding NO2 is 1. The number of aryl methyl sites for hydroxylation is 1. The lowest BCUT2D eigenvalue weighted by molar-refractivity contribution is 0.248. The van der Waals surface area contributed by atoms with Crippen molar-refractivity contribution in [1.29, 1.82) is 0 Å². The fourth-order valence-corrected chi connectivity index (χ4v) is 3.95. The summed E-state index contributed by atoms with van der Waals surface area (Å²) in [4.78, 5) is 18.2. The number of nitrogens with zero attached hydrogens (tertiary/aromatic N) is 3. The number of fused-ring (bicyclic) bond motifs is 2. The summed E-state index contributed by atoms with van der Waals surface area (Å²) < 4.78 is 0. The van der Waals surface area contributed by atoms with E-state index in [1.54, 1.807) is 6.07 Å². The minimum atomic E-state index is 0.430. The highest BCUT2D eigenvalue weighted by molar-refractivity contribution is 5.88. The van der Waals surface area contributed by atoms with E-state index in [2.05, 4.69) is 45.4 Å². The van der Waals surface area contributed by atoms with Gasteiger partial charge in [0.05, 0.1) is 5.52 Å². The van der Waals surface area contributed by atoms with E-state index in [0.717, 1.165) is 36.0 Å². The third-order valence-electron chi connectivity index (χ3n) is 5.47. The molecule has 138 valence electrons. The first-order valence-electron chi connectivity index (χ1n) is 9.84. The highest BCUT2D eigenvalue weighted by Crippen LogP contribution is 2.24. The molecule has 0 saturated carbocycles. The molecule has 0 radical (unpaired) electrons. The van der Waals surface area contributed by atoms with E-state index in [-0.39, 0.29) is 0 Å². The van der Waals surface area contributed by atoms with Gasteiger partial charge in [0.15, 0.2) is 0 Å². The van der Waals surface area contributed by atoms with Gasteiger partial charge >= 0.3 is 0 Å². The van der Waals surface area contributed by atoms with Crippen LogP contribution in [0.4, 0.5) is 5.69 Å². The van der Waals surface area contributed by atoms with Gasteiger partial charge in [-0.3, -0.25) is 9.88 Å². The second kappa shape index (κ2) is 8.40. The van der Waals surface area contributed by atoms with Crippen LogP contribution < -0.4 is 0 Å². The standard InChI is InChI=1S/C23H25N3O/c27-25-22-11-6-9-19-12-13-21(24-23(19)22)10-2-1-5-15-26-16-14-18-7-3-4-8-20(18)17-26/h3-4,6-9,11-13H,1-2,5,10,14-17H2. The van der Waals surface area contributed by atoms with Crippen LogP contribution in [0.5, 0.6) is 0 Å². The number of aromatic nitrogens is 1. The Balaban J connectivity index is 1.25. The molecule has 1 aromatic heterocycles. The fourth-order valence-electron chi connectivity index (χ4n) is 3.95. The molecule has 2 heterocycles. The molecule has 1 aliphatic rings. The van der Waals surface area contributed by atoms with Gasteiger partial charge in [0.2, 0.25) is 0 Å². The summed E-state index contributed by atoms with van der Waals surface area (Å²) in [7, 11) is 0. The van der Waals surface area contributed by atoms with Crippen molar-refractivity contribution in [2.45, 2.75) is 38.6 Å². The molecule has 0 N–H and O–H groups in total. The third-order valence-corrected chi connectivity index (χ3v) is 5.47. The molecular weight excluding hydrogens is 334 g/mol. The van der Waals surface area contributed by atoms with Crippen LogP contribution in [0.15, 0.2) is 59.8 Å². The van der Waals surface area contributed by atoms with Crippen molar-refractivity contribution < 1.29 is 0 Å². The van der Waals surface area contributed by atoms with Crippen LogP contribution in [0.25, 0.3) is 10.9 Å². The molecule has 0 spiro atoms. The van der Waals surface area contributed by atoms with Crippen LogP contribution in [0, 0.1) is 4.91 Å². The van der Waals surface area contributed by atoms with E-state index in [9.17, 15) is 4.91 Å². The Morgan fingerprint density at radius 3 is 2.70 bits per heavy atom. The van der Waals surface area contributed by atoms with Gasteiger partial charge < -0.3 is 0 Å². The average molecular weight is 359 g/mol. The maximum Gasteiger partial charge on any atom is 0.134 e. The zero-order chi connectivity index (χ0) is 18.5. The minimum absolute atomic E-state index is 0.430. The number of hydrogen-bond donors (Lipinski definition) is 0. The first-order valence-corrected chi connectivity index (χ1v) is 9.84. The summed E-state index contributed by atoms with van der Waals surface area (Å²) in [5.41, 5.74) is 5.20. The van der Waals surface area contributed by atoms with Crippen LogP contribution in [0.3, 0.4) is 0 Å². The van der Waals surface area contributed by atoms with E-state index in [4.69, 9.17) is 0 Å². The van der Waals surface area contributed by atoms with Gasteiger partial charge in [-0.2, -0.15) is 0 Å². The number of hydrogen-bond acceptors (Lipinski definition) is 4. The van der Waals surface area contributed by atoms with Crippen molar-refractivity contribution in [2.75, 3.05) is 13.1 Å². The summed E-state index contributed by atoms with van der Waals surface area (Å²) in [5.74, 6) is 0. The number of benzene rings is 2. The number of rotatable bonds is 7. The van der Waals surface area contributed by atoms with Gasteiger partial charge in [0, 0.05) is 24.2 Å². The first kappa shape index (κ1) is 17.8. The maximum atomic E-state index is 11.0. The lowest BCUT2D eigenvalue weighted by Crippen LogP contribution is -2.31. The molecule has 1 aliphatic heterocycles. The zero-order valence-corrected chi connectivity index (χ0v) is 15.6. The summed E-state index contributed by atoms with van der Waals surface area (Å²) in [6.45, 7) is 3.42. The van der Waals surface area contributed by atoms with Gasteiger partial charge in [-0.25, -0.2) is 0 Å². The van der Waals surface area contributed by atoms with E-state index in [1.165, 1.54) is 43.5 Å². The molecule has 4 heteroatoms. The van der Waals surface area contributed by atoms with Crippen LogP contribution in [-0.2, 0) is 19.4 Å². The second-order valence-corrected chi connectivity index (χ2v) is 7.35. The highest BCUT2D eigenvalue weighted by Gasteiger charge is 2.14. The molecular formula is C23H25N3O. The Kier molecular flexibility index (Phi) is 5.54. The Morgan fingerprint density at radius 2 is 1.81 bits per heavy atom. The topological polar surface area (TPSA) is 45.6 Å². The predicted molar refractivity (Wildman–Crippen MR) is 110 cm³/mol. The molecule has 4 nitrogen and oxygen atoms in total. The smallest absolute Gasteiger partial charge is 0.134 e. The van der Waals surface area contributed by atoms with Gasteiger partial charge in [0.25, 0.3) is 0 Å². The normalized spacial score (nSPS) is 14.2. The minimum Gasteiger partial charge on any atom is -0.299 e. The molecule has 27 heavy (non-hydrogen) atoms. The van der Waals surface area contributed by atoms with Gasteiger partial charge in [-0.15, -0.1) is 4.91 Å². The fraction of sp³-hybridized carbons (Fsp3) is 0.348. The van der Waals surface area contributed by atoms with E-state index in [1.807, 2.05) is 18.2 Å². The number of unbranched alkanes of at least 4 members (excludes halogenated alkanes) is 2. The number of pyridine rings is 1. The molecule has 3 aromatic rings. The SMILES string of the molecule is O=Nc1cccc2ccc(CCCCCN3CCc4ccccc4C3)nc12. The molecule has 0 bridgehead atoms. The van der Waals surface area contributed by atoms with Crippen molar-refractivity contribution >= 4 is 16.6 Å². The largest absolute Gasteiger partial charge is 0.299 e. The Hall–Kier alpha value is -2.59. The van der Waals surface area contributed by atoms with Gasteiger partial charge in [-0.05, 0) is 60.7 Å². The monoisotopic (exact) mass is 359 g/mol. The Morgan fingerprint density at radius 1 is 0.926 bits per heavy atom. The van der Waals surface area contributed by atoms with Crippen molar-refractivity contribution in [3.63, 3.8) is 0 Å². The van der Waals surface area contributed by atoms with Crippen molar-refractivity contribution in [3.05, 3.63) is 76.3 Å². The zero-order valence-electron chi connectivity index (χ0n) is 15.6. The highest BCUT2D eigenvalue weighted by atomic mass is 16.3. The van der Waals surface area contributed by atoms with E-state index >= 15 is 0 Å². The Bertz CT molecular complexity index is 938. The predicted octanol–water partition coefficient (Wildman–Crippen LogP) is 5.40. The van der Waals surface area contributed by atoms with Gasteiger partial charge in [0.1, 0.15) is 5.69 Å². The van der Waals surface area contributed by atoms with Crippen LogP contribution in [-0.4, -0.2) is 23.0 Å². The number of para-hydroxylation sites is 1. The van der Waals surface area contributed by atoms with Crippen LogP contribution in [0.2, 0.25) is 0 Å². The van der Waals surface area contributed by atoms with E-state index in [0.29, 0.717) is 5.69 Å². The average Bonchev–Trinajstić information content (AvgIpc) is 2.73. The summed E-state index contributed by atoms with van der Waals surface area (Å²) >= 11 is 0. The second-order valence-electron chi connectivity index (χ2n) is 7.35. The summed E-state index contributed by atoms with van der Waals surface area (Å²) in [5, 5.41) is 4.07. The third kappa shape index (κ3) is 4.22. The Labute approximate surface area is 160 Å². The molecule has 0 atom stereocenters. The first-order chi connectivity index (χ1) is 13.3. The van der Waals surface area contributed by atoms with Crippen molar-refractivity contribution in [3.8, 4) is 0 Å². The van der Waals surface area contributed by atoms with Crippen LogP contribution in [0.1, 0.15) is 36.1 Å². The molecule has 4 rings (SSSR count). The summed E-state index contributed by atoms with van der Waals surface area (Å²) in [6.07, 6.45) is 5.66. The van der Waals surface area contributed by atoms with Crippen molar-refractivity contribution in [2.24, 2.45) is 5.18 Å².